The van der Waals surface area contributed by atoms with E-state index in [9.17, 15) is 0 Å². The van der Waals surface area contributed by atoms with Crippen LogP contribution in [0.1, 0.15) is 22.9 Å². The lowest BCUT2D eigenvalue weighted by molar-refractivity contribution is 0.674. The molecule has 4 heteroatoms. The third-order valence-electron chi connectivity index (χ3n) is 11.0. The molecule has 9 aromatic carbocycles. The molecular weight excluding hydrogens is 669 g/mol. The maximum atomic E-state index is 5.00. The topological polar surface area (TPSA) is 41.7 Å². The van der Waals surface area contributed by atoms with Crippen molar-refractivity contribution in [3.8, 4) is 16.8 Å². The van der Waals surface area contributed by atoms with Crippen molar-refractivity contribution >= 4 is 65.8 Å². The van der Waals surface area contributed by atoms with Crippen LogP contribution in [0.3, 0.4) is 0 Å². The second-order valence-electron chi connectivity index (χ2n) is 14.3. The third kappa shape index (κ3) is 5.30. The highest BCUT2D eigenvalue weighted by Crippen LogP contribution is 2.39. The van der Waals surface area contributed by atoms with E-state index in [0.717, 1.165) is 33.9 Å². The molecule has 1 atom stereocenters. The molecule has 55 heavy (non-hydrogen) atoms. The molecule has 4 nitrogen and oxygen atoms in total. The van der Waals surface area contributed by atoms with Crippen LogP contribution >= 0.6 is 0 Å². The van der Waals surface area contributed by atoms with Gasteiger partial charge in [-0.05, 0) is 79.3 Å². The van der Waals surface area contributed by atoms with E-state index < -0.39 is 0 Å². The van der Waals surface area contributed by atoms with E-state index in [1.807, 2.05) is 36.4 Å². The van der Waals surface area contributed by atoms with E-state index in [1.165, 1.54) is 65.4 Å². The molecule has 1 N–H and O–H groups in total. The summed E-state index contributed by atoms with van der Waals surface area (Å²) in [6.45, 7) is 0. The van der Waals surface area contributed by atoms with Crippen LogP contribution in [0.5, 0.6) is 0 Å². The van der Waals surface area contributed by atoms with Gasteiger partial charge in [0.05, 0.1) is 11.0 Å². The van der Waals surface area contributed by atoms with E-state index in [0.29, 0.717) is 0 Å². The average molecular weight is 703 g/mol. The fourth-order valence-corrected chi connectivity index (χ4v) is 8.33. The van der Waals surface area contributed by atoms with Crippen molar-refractivity contribution in [3.05, 3.63) is 211 Å². The first-order chi connectivity index (χ1) is 27.2. The van der Waals surface area contributed by atoms with Gasteiger partial charge in [0.1, 0.15) is 12.0 Å². The molecule has 0 spiro atoms. The molecule has 1 aliphatic rings. The van der Waals surface area contributed by atoms with Crippen LogP contribution in [0, 0.1) is 0 Å². The summed E-state index contributed by atoms with van der Waals surface area (Å²) >= 11 is 0. The van der Waals surface area contributed by atoms with Gasteiger partial charge >= 0.3 is 0 Å². The molecule has 0 aliphatic carbocycles. The Balaban J connectivity index is 0.966. The van der Waals surface area contributed by atoms with Crippen LogP contribution in [0.4, 0.5) is 0 Å². The van der Waals surface area contributed by atoms with Crippen molar-refractivity contribution in [2.24, 2.45) is 9.98 Å². The molecule has 2 heterocycles. The van der Waals surface area contributed by atoms with E-state index >= 15 is 0 Å². The van der Waals surface area contributed by atoms with Gasteiger partial charge in [0.15, 0.2) is 5.84 Å². The molecule has 11 rings (SSSR count). The molecule has 1 unspecified atom stereocenters. The molecule has 10 aromatic rings. The largest absolute Gasteiger partial charge is 0.344 e. The van der Waals surface area contributed by atoms with E-state index in [1.54, 1.807) is 0 Å². The van der Waals surface area contributed by atoms with Gasteiger partial charge < -0.3 is 9.88 Å². The summed E-state index contributed by atoms with van der Waals surface area (Å²) in [7, 11) is 0. The zero-order valence-electron chi connectivity index (χ0n) is 29.9. The summed E-state index contributed by atoms with van der Waals surface area (Å²) in [5.41, 5.74) is 9.03. The number of fused-ring (bicyclic) bond motifs is 8. The molecule has 1 aromatic heterocycles. The summed E-state index contributed by atoms with van der Waals surface area (Å²) in [5.74, 6) is 1.54. The summed E-state index contributed by atoms with van der Waals surface area (Å²) < 4.78 is 2.42. The highest BCUT2D eigenvalue weighted by molar-refractivity contribution is 6.22. The van der Waals surface area contributed by atoms with E-state index in [2.05, 4.69) is 168 Å². The number of aliphatic imine (C=N–C) groups is 2. The zero-order chi connectivity index (χ0) is 36.3. The van der Waals surface area contributed by atoms with E-state index in [-0.39, 0.29) is 6.17 Å². The average Bonchev–Trinajstić information content (AvgIpc) is 3.61. The summed E-state index contributed by atoms with van der Waals surface area (Å²) in [5, 5.41) is 13.7. The SMILES string of the molecule is c1ccc(C2=NC(c3ccccc3)NC(c3ccc(-c4ccc5c(ccc6c5c5ccccc5n6-c5ccc6c(ccc7ccccc76)c5)c4)cc3)=N2)cc1. The number of rotatable bonds is 5. The van der Waals surface area contributed by atoms with Gasteiger partial charge in [0.25, 0.3) is 0 Å². The Morgan fingerprint density at radius 1 is 0.418 bits per heavy atom. The van der Waals surface area contributed by atoms with Crippen molar-refractivity contribution in [2.75, 3.05) is 0 Å². The minimum atomic E-state index is -0.228. The maximum Gasteiger partial charge on any atom is 0.159 e. The number of benzene rings is 9. The Hall–Kier alpha value is -7.30. The molecule has 0 bridgehead atoms. The van der Waals surface area contributed by atoms with Crippen LogP contribution in [-0.4, -0.2) is 16.2 Å². The van der Waals surface area contributed by atoms with Crippen molar-refractivity contribution < 1.29 is 0 Å². The molecule has 0 amide bonds. The van der Waals surface area contributed by atoms with Gasteiger partial charge in [-0.2, -0.15) is 0 Å². The normalized spacial score (nSPS) is 14.4. The maximum absolute atomic E-state index is 5.00. The fourth-order valence-electron chi connectivity index (χ4n) is 8.33. The zero-order valence-corrected chi connectivity index (χ0v) is 29.9. The number of hydrogen-bond acceptors (Lipinski definition) is 3. The monoisotopic (exact) mass is 702 g/mol. The van der Waals surface area contributed by atoms with Gasteiger partial charge in [0, 0.05) is 27.6 Å². The Morgan fingerprint density at radius 2 is 1.05 bits per heavy atom. The first-order valence-corrected chi connectivity index (χ1v) is 18.8. The number of hydrogen-bond donors (Lipinski definition) is 1. The molecule has 0 radical (unpaired) electrons. The summed E-state index contributed by atoms with van der Waals surface area (Å²) in [4.78, 5) is 9.99. The van der Waals surface area contributed by atoms with Crippen molar-refractivity contribution in [1.29, 1.82) is 0 Å². The lowest BCUT2D eigenvalue weighted by Gasteiger charge is -2.23. The second-order valence-corrected chi connectivity index (χ2v) is 14.3. The Morgan fingerprint density at radius 3 is 1.91 bits per heavy atom. The Labute approximate surface area is 318 Å². The predicted octanol–water partition coefficient (Wildman–Crippen LogP) is 12.4. The van der Waals surface area contributed by atoms with Crippen LogP contribution in [0.15, 0.2) is 204 Å². The summed E-state index contributed by atoms with van der Waals surface area (Å²) in [6, 6.07) is 69.4. The number of nitrogens with one attached hydrogen (secondary N) is 1. The molecule has 0 saturated carbocycles. The number of amidine groups is 2. The standard InChI is InChI=1S/C51H34N4/c1-3-12-35(13-4-1)49-52-50(36-14-5-2-6-15-36)54-51(53-49)37-22-19-33(20-23-37)38-25-28-44-39(31-38)26-30-47-48(44)45-17-9-10-18-46(45)55(47)41-27-29-43-40(32-41)24-21-34-11-7-8-16-42(34)43/h1-32,49H,(H,52,53,54). The second kappa shape index (κ2) is 12.7. The third-order valence-corrected chi connectivity index (χ3v) is 11.0. The van der Waals surface area contributed by atoms with Gasteiger partial charge in [-0.3, -0.25) is 0 Å². The van der Waals surface area contributed by atoms with Crippen LogP contribution in [0.2, 0.25) is 0 Å². The fraction of sp³-hybridized carbons (Fsp3) is 0.0196. The molecular formula is C51H34N4. The first kappa shape index (κ1) is 31.2. The number of aromatic nitrogens is 1. The lowest BCUT2D eigenvalue weighted by Crippen LogP contribution is -2.33. The summed E-state index contributed by atoms with van der Waals surface area (Å²) in [6.07, 6.45) is -0.228. The number of nitrogens with zero attached hydrogens (tertiary/aromatic N) is 3. The highest BCUT2D eigenvalue weighted by atomic mass is 15.2. The molecule has 0 saturated heterocycles. The van der Waals surface area contributed by atoms with Crippen molar-refractivity contribution in [2.45, 2.75) is 6.17 Å². The van der Waals surface area contributed by atoms with Gasteiger partial charge in [-0.15, -0.1) is 0 Å². The molecule has 1 aliphatic heterocycles. The molecule has 0 fully saturated rings. The van der Waals surface area contributed by atoms with Crippen LogP contribution < -0.4 is 5.32 Å². The van der Waals surface area contributed by atoms with Crippen molar-refractivity contribution in [1.82, 2.24) is 9.88 Å². The molecule has 258 valence electrons. The quantitative estimate of drug-likeness (QED) is 0.178. The minimum Gasteiger partial charge on any atom is -0.344 e. The van der Waals surface area contributed by atoms with Gasteiger partial charge in [0.2, 0.25) is 0 Å². The smallest absolute Gasteiger partial charge is 0.159 e. The minimum absolute atomic E-state index is 0.228. The van der Waals surface area contributed by atoms with Crippen LogP contribution in [-0.2, 0) is 0 Å². The first-order valence-electron chi connectivity index (χ1n) is 18.8. The van der Waals surface area contributed by atoms with Gasteiger partial charge in [-0.1, -0.05) is 164 Å². The lowest BCUT2D eigenvalue weighted by atomic mass is 9.97. The van der Waals surface area contributed by atoms with Gasteiger partial charge in [-0.25, -0.2) is 9.98 Å². The Kier molecular flexibility index (Phi) is 7.20. The van der Waals surface area contributed by atoms with Crippen molar-refractivity contribution in [3.63, 3.8) is 0 Å². The van der Waals surface area contributed by atoms with E-state index in [4.69, 9.17) is 9.98 Å². The van der Waals surface area contributed by atoms with Crippen LogP contribution in [0.25, 0.3) is 70.9 Å². The Bertz CT molecular complexity index is 3160. The predicted molar refractivity (Wildman–Crippen MR) is 231 cm³/mol. The number of para-hydroxylation sites is 1. The highest BCUT2D eigenvalue weighted by Gasteiger charge is 2.21.